The first kappa shape index (κ1) is 37.7. The van der Waals surface area contributed by atoms with E-state index in [1.807, 2.05) is 49.3 Å². The van der Waals surface area contributed by atoms with Crippen LogP contribution in [0.4, 0.5) is 5.69 Å². The van der Waals surface area contributed by atoms with E-state index in [0.717, 1.165) is 42.0 Å². The SMILES string of the molecule is C=C1CN(S(=O)(=O)c2ccc(N(C)C)cc2)CCCN(CC2CCCCC2)CCCN(S(=O)(=O)N2CCc3cc(-c4ccccc4)ccc3C2)C1. The molecule has 6 rings (SSSR count). The van der Waals surface area contributed by atoms with E-state index in [-0.39, 0.29) is 18.0 Å². The molecule has 0 unspecified atom stereocenters. The predicted molar refractivity (Wildman–Crippen MR) is 207 cm³/mol. The lowest BCUT2D eigenvalue weighted by Crippen LogP contribution is -2.48. The highest BCUT2D eigenvalue weighted by molar-refractivity contribution is 7.89. The molecule has 0 spiro atoms. The molecule has 3 aliphatic rings. The van der Waals surface area contributed by atoms with Gasteiger partial charge in [0.2, 0.25) is 10.0 Å². The molecule has 1 saturated carbocycles. The molecule has 3 aromatic carbocycles. The van der Waals surface area contributed by atoms with Crippen molar-refractivity contribution in [2.75, 3.05) is 71.4 Å². The van der Waals surface area contributed by atoms with Crippen molar-refractivity contribution >= 4 is 25.9 Å². The lowest BCUT2D eigenvalue weighted by atomic mass is 9.89. The largest absolute Gasteiger partial charge is 0.378 e. The minimum Gasteiger partial charge on any atom is -0.378 e. The second-order valence-electron chi connectivity index (χ2n) is 14.8. The molecule has 11 heteroatoms. The van der Waals surface area contributed by atoms with Gasteiger partial charge in [-0.05, 0) is 103 Å². The Hall–Kier alpha value is -3.06. The molecule has 0 N–H and O–H groups in total. The van der Waals surface area contributed by atoms with Crippen LogP contribution in [-0.4, -0.2) is 101 Å². The van der Waals surface area contributed by atoms with E-state index in [1.165, 1.54) is 42.0 Å². The molecule has 1 aliphatic carbocycles. The molecule has 0 bridgehead atoms. The second kappa shape index (κ2) is 16.7. The van der Waals surface area contributed by atoms with E-state index in [9.17, 15) is 16.8 Å². The number of sulfonamides is 1. The third-order valence-corrected chi connectivity index (χ3v) is 14.5. The van der Waals surface area contributed by atoms with Gasteiger partial charge < -0.3 is 9.80 Å². The van der Waals surface area contributed by atoms with Gasteiger partial charge >= 0.3 is 0 Å². The molecule has 2 heterocycles. The zero-order valence-electron chi connectivity index (χ0n) is 30.4. The van der Waals surface area contributed by atoms with Crippen molar-refractivity contribution in [3.05, 3.63) is 96.1 Å². The van der Waals surface area contributed by atoms with Crippen molar-refractivity contribution in [3.63, 3.8) is 0 Å². The summed E-state index contributed by atoms with van der Waals surface area (Å²) in [6, 6.07) is 23.5. The van der Waals surface area contributed by atoms with Crippen LogP contribution in [0.2, 0.25) is 0 Å². The number of benzene rings is 3. The summed E-state index contributed by atoms with van der Waals surface area (Å²) in [4.78, 5) is 4.63. The molecule has 1 saturated heterocycles. The smallest absolute Gasteiger partial charge is 0.282 e. The molecule has 276 valence electrons. The first-order valence-corrected chi connectivity index (χ1v) is 21.4. The number of rotatable bonds is 8. The maximum atomic E-state index is 14.4. The number of fused-ring (bicyclic) bond motifs is 1. The number of anilines is 1. The Labute approximate surface area is 306 Å². The topological polar surface area (TPSA) is 84.5 Å². The van der Waals surface area contributed by atoms with Crippen molar-refractivity contribution in [3.8, 4) is 11.1 Å². The van der Waals surface area contributed by atoms with Gasteiger partial charge in [-0.25, -0.2) is 8.42 Å². The van der Waals surface area contributed by atoms with Crippen LogP contribution in [0.5, 0.6) is 0 Å². The molecule has 3 aromatic rings. The molecule has 0 amide bonds. The monoisotopic (exact) mass is 733 g/mol. The van der Waals surface area contributed by atoms with Gasteiger partial charge in [-0.2, -0.15) is 21.3 Å². The van der Waals surface area contributed by atoms with Gasteiger partial charge in [0, 0.05) is 65.6 Å². The van der Waals surface area contributed by atoms with Gasteiger partial charge in [0.05, 0.1) is 4.90 Å². The molecule has 0 atom stereocenters. The Morgan fingerprint density at radius 3 is 2.00 bits per heavy atom. The quantitative estimate of drug-likeness (QED) is 0.255. The fourth-order valence-electron chi connectivity index (χ4n) is 7.84. The third-order valence-electron chi connectivity index (χ3n) is 10.7. The molecule has 9 nitrogen and oxygen atoms in total. The van der Waals surface area contributed by atoms with Gasteiger partial charge in [0.25, 0.3) is 10.2 Å². The summed E-state index contributed by atoms with van der Waals surface area (Å²) >= 11 is 0. The van der Waals surface area contributed by atoms with Gasteiger partial charge in [-0.1, -0.05) is 74.4 Å². The molecule has 2 aliphatic heterocycles. The van der Waals surface area contributed by atoms with Crippen LogP contribution in [0, 0.1) is 5.92 Å². The highest BCUT2D eigenvalue weighted by Gasteiger charge is 2.34. The fourth-order valence-corrected chi connectivity index (χ4v) is 11.0. The molecule has 51 heavy (non-hydrogen) atoms. The van der Waals surface area contributed by atoms with E-state index in [2.05, 4.69) is 41.8 Å². The number of hydrogen-bond donors (Lipinski definition) is 0. The summed E-state index contributed by atoms with van der Waals surface area (Å²) in [7, 11) is -3.86. The molecule has 0 radical (unpaired) electrons. The van der Waals surface area contributed by atoms with Crippen LogP contribution in [0.25, 0.3) is 11.1 Å². The van der Waals surface area contributed by atoms with Gasteiger partial charge in [-0.15, -0.1) is 0 Å². The highest BCUT2D eigenvalue weighted by atomic mass is 32.2. The van der Waals surface area contributed by atoms with Crippen LogP contribution in [0.1, 0.15) is 56.1 Å². The lowest BCUT2D eigenvalue weighted by molar-refractivity contribution is 0.187. The Kier molecular flexibility index (Phi) is 12.4. The van der Waals surface area contributed by atoms with E-state index >= 15 is 0 Å². The summed E-state index contributed by atoms with van der Waals surface area (Å²) in [5.74, 6) is 0.636. The Bertz CT molecular complexity index is 1840. The van der Waals surface area contributed by atoms with Crippen molar-refractivity contribution in [2.24, 2.45) is 5.92 Å². The zero-order valence-corrected chi connectivity index (χ0v) is 32.1. The van der Waals surface area contributed by atoms with E-state index < -0.39 is 20.2 Å². The lowest BCUT2D eigenvalue weighted by Gasteiger charge is -2.35. The van der Waals surface area contributed by atoms with Gasteiger partial charge in [0.15, 0.2) is 0 Å². The first-order valence-electron chi connectivity index (χ1n) is 18.6. The Balaban J connectivity index is 1.23. The van der Waals surface area contributed by atoms with E-state index in [0.29, 0.717) is 56.9 Å². The van der Waals surface area contributed by atoms with Crippen molar-refractivity contribution < 1.29 is 16.8 Å². The standard InChI is InChI=1S/C40H55N5O4S2/c1-33-29-43(50(46,47)40-20-18-39(19-21-40)41(2)3)25-10-23-42(31-34-12-6-4-7-13-34)24-11-26-44(30-33)51(48,49)45-27-22-37-28-36(16-17-38(37)32-45)35-14-8-5-9-15-35/h5,8-9,14-21,28,34H,1,4,6-7,10-13,22-27,29-32H2,2-3H3. The minimum absolute atomic E-state index is 0.0670. The van der Waals surface area contributed by atoms with Crippen molar-refractivity contribution in [2.45, 2.75) is 62.8 Å². The maximum absolute atomic E-state index is 14.4. The summed E-state index contributed by atoms with van der Waals surface area (Å²) in [5, 5.41) is 0. The second-order valence-corrected chi connectivity index (χ2v) is 18.6. The van der Waals surface area contributed by atoms with Gasteiger partial charge in [-0.3, -0.25) is 0 Å². The van der Waals surface area contributed by atoms with Crippen LogP contribution >= 0.6 is 0 Å². The van der Waals surface area contributed by atoms with Crippen LogP contribution in [0.15, 0.2) is 89.8 Å². The summed E-state index contributed by atoms with van der Waals surface area (Å²) in [6.45, 7) is 8.35. The van der Waals surface area contributed by atoms with Crippen molar-refractivity contribution in [1.82, 2.24) is 17.8 Å². The van der Waals surface area contributed by atoms with Crippen LogP contribution in [0.3, 0.4) is 0 Å². The number of hydrogen-bond acceptors (Lipinski definition) is 6. The van der Waals surface area contributed by atoms with Crippen molar-refractivity contribution in [1.29, 1.82) is 0 Å². The Morgan fingerprint density at radius 1 is 0.667 bits per heavy atom. The number of nitrogens with zero attached hydrogens (tertiary/aromatic N) is 5. The van der Waals surface area contributed by atoms with Crippen LogP contribution in [-0.2, 0) is 33.2 Å². The maximum Gasteiger partial charge on any atom is 0.282 e. The predicted octanol–water partition coefficient (Wildman–Crippen LogP) is 6.25. The summed E-state index contributed by atoms with van der Waals surface area (Å²) in [5.41, 5.74) is 5.97. The van der Waals surface area contributed by atoms with Crippen LogP contribution < -0.4 is 4.90 Å². The highest BCUT2D eigenvalue weighted by Crippen LogP contribution is 2.30. The third kappa shape index (κ3) is 9.30. The molecule has 2 fully saturated rings. The van der Waals surface area contributed by atoms with E-state index in [1.54, 1.807) is 20.7 Å². The molecule has 0 aromatic heterocycles. The fraction of sp³-hybridized carbons (Fsp3) is 0.500. The molecular weight excluding hydrogens is 679 g/mol. The summed E-state index contributed by atoms with van der Waals surface area (Å²) in [6.07, 6.45) is 8.33. The average Bonchev–Trinajstić information content (AvgIpc) is 3.13. The van der Waals surface area contributed by atoms with Gasteiger partial charge in [0.1, 0.15) is 0 Å². The van der Waals surface area contributed by atoms with E-state index in [4.69, 9.17) is 0 Å². The summed E-state index contributed by atoms with van der Waals surface area (Å²) < 4.78 is 61.8. The minimum atomic E-state index is -3.86. The Morgan fingerprint density at radius 2 is 1.31 bits per heavy atom. The normalized spacial score (nSPS) is 20.3. The first-order chi connectivity index (χ1) is 24.5. The molecular formula is C40H55N5O4S2. The zero-order chi connectivity index (χ0) is 36.0. The average molecular weight is 734 g/mol.